The average Bonchev–Trinajstić information content (AvgIpc) is 3.58. The zero-order valence-corrected chi connectivity index (χ0v) is 22.2. The smallest absolute Gasteiger partial charge is 0.274 e. The number of hydrogen-bond acceptors (Lipinski definition) is 6. The van der Waals surface area contributed by atoms with Gasteiger partial charge in [-0.1, -0.05) is 11.6 Å². The van der Waals surface area contributed by atoms with Gasteiger partial charge >= 0.3 is 0 Å². The van der Waals surface area contributed by atoms with Crippen molar-refractivity contribution >= 4 is 34.9 Å². The number of fused-ring (bicyclic) bond motifs is 1. The minimum atomic E-state index is -1.06. The predicted octanol–water partition coefficient (Wildman–Crippen LogP) is 3.28. The number of amides is 2. The molecule has 0 saturated heterocycles. The van der Waals surface area contributed by atoms with E-state index in [2.05, 4.69) is 20.7 Å². The van der Waals surface area contributed by atoms with Gasteiger partial charge in [-0.2, -0.15) is 5.10 Å². The van der Waals surface area contributed by atoms with Crippen LogP contribution in [0.5, 0.6) is 0 Å². The number of aryl methyl sites for hydroxylation is 2. The van der Waals surface area contributed by atoms with Gasteiger partial charge in [0.15, 0.2) is 5.82 Å². The standard InChI is InChI=1S/C26H31ClFN7O3/c1-13(29)24(36)32-21-9-20(35(3)33-21)26(38)10-15-6-14(7-16(15)11-26)22-23(34(2)12-30-22)25(37)31-17-4-5-19(28)18(27)8-17/h4-5,8-9,12-16,38H,6-7,10-11,29H2,1-3H3,(H,31,37)(H,32,33,36). The highest BCUT2D eigenvalue weighted by Crippen LogP contribution is 2.57. The molecule has 3 unspecified atom stereocenters. The first-order valence-electron chi connectivity index (χ1n) is 12.6. The molecule has 5 N–H and O–H groups in total. The molecule has 38 heavy (non-hydrogen) atoms. The monoisotopic (exact) mass is 543 g/mol. The summed E-state index contributed by atoms with van der Waals surface area (Å²) in [6, 6.07) is 5.08. The first kappa shape index (κ1) is 26.3. The van der Waals surface area contributed by atoms with Crippen LogP contribution in [0, 0.1) is 17.7 Å². The number of carbonyl (C=O) groups excluding carboxylic acids is 2. The van der Waals surface area contributed by atoms with E-state index in [1.807, 2.05) is 0 Å². The Morgan fingerprint density at radius 1 is 1.21 bits per heavy atom. The summed E-state index contributed by atoms with van der Waals surface area (Å²) < 4.78 is 16.8. The van der Waals surface area contributed by atoms with Crippen molar-refractivity contribution in [2.24, 2.45) is 31.7 Å². The number of nitrogens with one attached hydrogen (secondary N) is 2. The highest BCUT2D eigenvalue weighted by molar-refractivity contribution is 6.31. The Hall–Kier alpha value is -3.28. The van der Waals surface area contributed by atoms with Crippen LogP contribution < -0.4 is 16.4 Å². The van der Waals surface area contributed by atoms with Crippen molar-refractivity contribution in [1.29, 1.82) is 0 Å². The summed E-state index contributed by atoms with van der Waals surface area (Å²) in [6.45, 7) is 1.59. The second-order valence-electron chi connectivity index (χ2n) is 10.6. The zero-order valence-electron chi connectivity index (χ0n) is 21.4. The van der Waals surface area contributed by atoms with E-state index >= 15 is 0 Å². The van der Waals surface area contributed by atoms with E-state index in [0.29, 0.717) is 35.7 Å². The number of benzene rings is 1. The number of nitrogens with zero attached hydrogens (tertiary/aromatic N) is 4. The fourth-order valence-corrected chi connectivity index (χ4v) is 6.27. The molecule has 0 aliphatic heterocycles. The van der Waals surface area contributed by atoms with Crippen molar-refractivity contribution in [3.8, 4) is 0 Å². The minimum Gasteiger partial charge on any atom is -0.384 e. The van der Waals surface area contributed by atoms with Crippen molar-refractivity contribution in [2.45, 2.75) is 50.2 Å². The molecule has 2 fully saturated rings. The van der Waals surface area contributed by atoms with Crippen molar-refractivity contribution in [3.63, 3.8) is 0 Å². The van der Waals surface area contributed by atoms with E-state index < -0.39 is 17.5 Å². The maximum absolute atomic E-state index is 13.5. The van der Waals surface area contributed by atoms with Gasteiger partial charge in [-0.25, -0.2) is 9.37 Å². The highest BCUT2D eigenvalue weighted by atomic mass is 35.5. The number of halogens is 2. The number of aliphatic hydroxyl groups is 1. The molecular formula is C26H31ClFN7O3. The van der Waals surface area contributed by atoms with Crippen LogP contribution in [-0.4, -0.2) is 42.3 Å². The highest BCUT2D eigenvalue weighted by Gasteiger charge is 2.51. The molecule has 2 aliphatic rings. The van der Waals surface area contributed by atoms with Crippen molar-refractivity contribution < 1.29 is 19.1 Å². The number of carbonyl (C=O) groups is 2. The Morgan fingerprint density at radius 3 is 2.53 bits per heavy atom. The van der Waals surface area contributed by atoms with Crippen molar-refractivity contribution in [3.05, 3.63) is 58.5 Å². The first-order chi connectivity index (χ1) is 17.9. The molecule has 10 nitrogen and oxygen atoms in total. The first-order valence-corrected chi connectivity index (χ1v) is 12.9. The Morgan fingerprint density at radius 2 is 1.89 bits per heavy atom. The quantitative estimate of drug-likeness (QED) is 0.376. The fraction of sp³-hybridized carbons (Fsp3) is 0.462. The van der Waals surface area contributed by atoms with Crippen molar-refractivity contribution in [2.75, 3.05) is 10.6 Å². The summed E-state index contributed by atoms with van der Waals surface area (Å²) in [7, 11) is 3.51. The number of anilines is 2. The number of rotatable bonds is 6. The molecule has 0 spiro atoms. The van der Waals surface area contributed by atoms with Gasteiger partial charge in [0, 0.05) is 31.8 Å². The number of hydrogen-bond donors (Lipinski definition) is 4. The molecule has 2 saturated carbocycles. The third-order valence-electron chi connectivity index (χ3n) is 7.81. The molecule has 202 valence electrons. The fourth-order valence-electron chi connectivity index (χ4n) is 6.09. The minimum absolute atomic E-state index is 0.0685. The summed E-state index contributed by atoms with van der Waals surface area (Å²) in [4.78, 5) is 29.7. The number of aromatic nitrogens is 4. The number of nitrogens with two attached hydrogens (primary N) is 1. The number of imidazole rings is 1. The molecule has 2 aromatic heterocycles. The lowest BCUT2D eigenvalue weighted by atomic mass is 9.90. The SMILES string of the molecule is CC(N)C(=O)Nc1cc(C2(O)CC3CC(c4ncn(C)c4C(=O)Nc4ccc(F)c(Cl)c4)CC3C2)n(C)n1. The zero-order chi connectivity index (χ0) is 27.4. The van der Waals surface area contributed by atoms with Crippen LogP contribution in [0.4, 0.5) is 15.9 Å². The normalized spacial score (nSPS) is 25.3. The Bertz CT molecular complexity index is 1390. The lowest BCUT2D eigenvalue weighted by molar-refractivity contribution is -0.117. The average molecular weight is 544 g/mol. The topological polar surface area (TPSA) is 140 Å². The van der Waals surface area contributed by atoms with E-state index in [1.165, 1.54) is 18.2 Å². The van der Waals surface area contributed by atoms with Gasteiger partial charge in [0.25, 0.3) is 5.91 Å². The molecule has 3 atom stereocenters. The second-order valence-corrected chi connectivity index (χ2v) is 11.0. The largest absolute Gasteiger partial charge is 0.384 e. The summed E-state index contributed by atoms with van der Waals surface area (Å²) in [5.41, 5.74) is 6.79. The van der Waals surface area contributed by atoms with E-state index in [0.717, 1.165) is 18.5 Å². The third kappa shape index (κ3) is 4.81. The molecule has 0 bridgehead atoms. The summed E-state index contributed by atoms with van der Waals surface area (Å²) >= 11 is 5.86. The van der Waals surface area contributed by atoms with Crippen LogP contribution in [0.1, 0.15) is 60.4 Å². The van der Waals surface area contributed by atoms with Gasteiger partial charge in [-0.05, 0) is 62.6 Å². The second kappa shape index (κ2) is 9.79. The summed E-state index contributed by atoms with van der Waals surface area (Å²) in [5, 5.41) is 21.3. The van der Waals surface area contributed by atoms with Crippen LogP contribution in [-0.2, 0) is 24.5 Å². The molecule has 1 aromatic carbocycles. The molecular weight excluding hydrogens is 513 g/mol. The van der Waals surface area contributed by atoms with Crippen LogP contribution in [0.15, 0.2) is 30.6 Å². The maximum Gasteiger partial charge on any atom is 0.274 e. The van der Waals surface area contributed by atoms with Crippen LogP contribution in [0.2, 0.25) is 5.02 Å². The van der Waals surface area contributed by atoms with Gasteiger partial charge in [0.1, 0.15) is 17.1 Å². The third-order valence-corrected chi connectivity index (χ3v) is 8.10. The van der Waals surface area contributed by atoms with E-state index in [9.17, 15) is 19.1 Å². The van der Waals surface area contributed by atoms with Gasteiger partial charge in [0.05, 0.1) is 28.8 Å². The molecule has 2 heterocycles. The predicted molar refractivity (Wildman–Crippen MR) is 140 cm³/mol. The Labute approximate surface area is 224 Å². The van der Waals surface area contributed by atoms with E-state index in [-0.39, 0.29) is 34.6 Å². The Kier molecular flexibility index (Phi) is 6.79. The van der Waals surface area contributed by atoms with E-state index in [4.69, 9.17) is 17.3 Å². The molecule has 2 aliphatic carbocycles. The van der Waals surface area contributed by atoms with Gasteiger partial charge in [-0.3, -0.25) is 14.3 Å². The van der Waals surface area contributed by atoms with Crippen LogP contribution in [0.25, 0.3) is 0 Å². The molecule has 0 radical (unpaired) electrons. The van der Waals surface area contributed by atoms with Crippen molar-refractivity contribution in [1.82, 2.24) is 19.3 Å². The van der Waals surface area contributed by atoms with Gasteiger partial charge in [0.2, 0.25) is 5.91 Å². The molecule has 5 rings (SSSR count). The molecule has 12 heteroatoms. The maximum atomic E-state index is 13.5. The molecule has 3 aromatic rings. The summed E-state index contributed by atoms with van der Waals surface area (Å²) in [6.07, 6.45) is 4.31. The molecule has 2 amide bonds. The van der Waals surface area contributed by atoms with Gasteiger partial charge in [-0.15, -0.1) is 0 Å². The van der Waals surface area contributed by atoms with E-state index in [1.54, 1.807) is 42.7 Å². The van der Waals surface area contributed by atoms with Crippen LogP contribution >= 0.6 is 11.6 Å². The van der Waals surface area contributed by atoms with Crippen LogP contribution in [0.3, 0.4) is 0 Å². The Balaban J connectivity index is 1.29. The lowest BCUT2D eigenvalue weighted by Crippen LogP contribution is -2.32. The van der Waals surface area contributed by atoms with Gasteiger partial charge < -0.3 is 26.0 Å². The summed E-state index contributed by atoms with van der Waals surface area (Å²) in [5.74, 6) is -0.314. The lowest BCUT2D eigenvalue weighted by Gasteiger charge is -2.24.